The number of carbonyl (C=O) groups excluding carboxylic acids is 2. The monoisotopic (exact) mass is 875 g/mol. The standard InChI is InChI=1S/C46H57N3O14/c1-57-42-28-34(27-36-13-6-8-15-40(36)42)31-60-43-30-47(44(51)17-4-2-10-25-62-48(53)54)29-38(33-61-45(52)18-5-3-11-26-63-49(55)56)46(43)35-19-21-39(22-20-35)59-24-12-23-58-32-37-14-7-9-16-41(37)50/h6-9,13-16,19-22,27-28,38,43,46,50H,2-5,10-12,17-18,23-26,29-33H2,1H3. The van der Waals surface area contributed by atoms with Gasteiger partial charge in [-0.15, -0.1) is 20.2 Å². The van der Waals surface area contributed by atoms with Crippen molar-refractivity contribution in [2.75, 3.05) is 53.2 Å². The van der Waals surface area contributed by atoms with Crippen LogP contribution in [0.1, 0.15) is 80.4 Å². The van der Waals surface area contributed by atoms with Crippen LogP contribution in [-0.2, 0) is 46.7 Å². The summed E-state index contributed by atoms with van der Waals surface area (Å²) >= 11 is 0. The molecule has 4 aromatic rings. The molecule has 340 valence electrons. The number of phenols is 1. The molecule has 63 heavy (non-hydrogen) atoms. The Bertz CT molecular complexity index is 2070. The van der Waals surface area contributed by atoms with Crippen molar-refractivity contribution in [3.05, 3.63) is 122 Å². The fourth-order valence-electron chi connectivity index (χ4n) is 7.66. The molecule has 0 aliphatic carbocycles. The Morgan fingerprint density at radius 1 is 0.762 bits per heavy atom. The first kappa shape index (κ1) is 47.8. The first-order chi connectivity index (χ1) is 30.6. The average Bonchev–Trinajstić information content (AvgIpc) is 3.28. The van der Waals surface area contributed by atoms with Crippen molar-refractivity contribution in [3.63, 3.8) is 0 Å². The SMILES string of the molecule is COc1cc(COC2CN(C(=O)CCCCCO[N+](=O)[O-])CC(COC(=O)CCCCCO[N+](=O)[O-])C2c2ccc(OCCCOCc3ccccc3O)cc2)cc2ccccc12. The normalized spacial score (nSPS) is 16.0. The molecule has 1 aliphatic rings. The molecule has 1 heterocycles. The molecule has 3 atom stereocenters. The third-order valence-electron chi connectivity index (χ3n) is 10.8. The molecule has 0 spiro atoms. The van der Waals surface area contributed by atoms with Crippen LogP contribution in [-0.4, -0.2) is 91.4 Å². The van der Waals surface area contributed by atoms with Crippen LogP contribution in [0.2, 0.25) is 0 Å². The molecule has 17 heteroatoms. The number of esters is 1. The van der Waals surface area contributed by atoms with Crippen molar-refractivity contribution < 1.29 is 58.2 Å². The van der Waals surface area contributed by atoms with E-state index in [2.05, 4.69) is 9.68 Å². The van der Waals surface area contributed by atoms with Gasteiger partial charge in [-0.05, 0) is 72.5 Å². The Hall–Kier alpha value is -6.20. The number of hydrogen-bond donors (Lipinski definition) is 1. The van der Waals surface area contributed by atoms with Gasteiger partial charge in [0.15, 0.2) is 0 Å². The van der Waals surface area contributed by atoms with Crippen LogP contribution in [0.15, 0.2) is 84.9 Å². The maximum absolute atomic E-state index is 13.8. The molecule has 1 saturated heterocycles. The maximum atomic E-state index is 13.8. The molecule has 5 rings (SSSR count). The van der Waals surface area contributed by atoms with Gasteiger partial charge in [-0.25, -0.2) is 0 Å². The highest BCUT2D eigenvalue weighted by Gasteiger charge is 2.41. The van der Waals surface area contributed by atoms with Crippen molar-refractivity contribution in [1.29, 1.82) is 0 Å². The number of likely N-dealkylation sites (tertiary alicyclic amines) is 1. The number of amides is 1. The Labute approximate surface area is 366 Å². The number of fused-ring (bicyclic) bond motifs is 1. The van der Waals surface area contributed by atoms with E-state index in [1.807, 2.05) is 72.8 Å². The zero-order valence-electron chi connectivity index (χ0n) is 35.6. The molecular formula is C46H57N3O14. The highest BCUT2D eigenvalue weighted by Crippen LogP contribution is 2.38. The summed E-state index contributed by atoms with van der Waals surface area (Å²) in [6, 6.07) is 26.6. The van der Waals surface area contributed by atoms with Gasteiger partial charge in [-0.3, -0.25) is 9.59 Å². The van der Waals surface area contributed by atoms with Crippen LogP contribution >= 0.6 is 0 Å². The van der Waals surface area contributed by atoms with Crippen LogP contribution in [0.4, 0.5) is 0 Å². The number of piperidine rings is 1. The largest absolute Gasteiger partial charge is 0.508 e. The van der Waals surface area contributed by atoms with Gasteiger partial charge in [0.2, 0.25) is 5.91 Å². The summed E-state index contributed by atoms with van der Waals surface area (Å²) in [4.78, 5) is 58.4. The van der Waals surface area contributed by atoms with Crippen molar-refractivity contribution in [1.82, 2.24) is 4.90 Å². The van der Waals surface area contributed by atoms with E-state index >= 15 is 0 Å². The lowest BCUT2D eigenvalue weighted by Gasteiger charge is -2.44. The minimum Gasteiger partial charge on any atom is -0.508 e. The molecule has 0 saturated carbocycles. The van der Waals surface area contributed by atoms with E-state index in [0.29, 0.717) is 88.4 Å². The van der Waals surface area contributed by atoms with E-state index in [1.54, 1.807) is 24.1 Å². The molecule has 0 radical (unpaired) electrons. The van der Waals surface area contributed by atoms with Gasteiger partial charge in [-0.2, -0.15) is 0 Å². The lowest BCUT2D eigenvalue weighted by atomic mass is 9.78. The molecule has 1 fully saturated rings. The zero-order valence-corrected chi connectivity index (χ0v) is 35.6. The highest BCUT2D eigenvalue weighted by molar-refractivity contribution is 5.89. The maximum Gasteiger partial charge on any atom is 0.305 e. The summed E-state index contributed by atoms with van der Waals surface area (Å²) in [5.41, 5.74) is 2.51. The molecule has 0 aromatic heterocycles. The highest BCUT2D eigenvalue weighted by atomic mass is 17.0. The van der Waals surface area contributed by atoms with E-state index in [-0.39, 0.29) is 69.3 Å². The molecule has 0 bridgehead atoms. The second-order valence-corrected chi connectivity index (χ2v) is 15.3. The number of para-hydroxylation sites is 1. The first-order valence-corrected chi connectivity index (χ1v) is 21.3. The van der Waals surface area contributed by atoms with Crippen LogP contribution in [0.25, 0.3) is 10.8 Å². The number of carbonyl (C=O) groups is 2. The van der Waals surface area contributed by atoms with E-state index in [9.17, 15) is 34.9 Å². The fraction of sp³-hybridized carbons (Fsp3) is 0.478. The number of hydrogen-bond acceptors (Lipinski definition) is 14. The van der Waals surface area contributed by atoms with Crippen molar-refractivity contribution >= 4 is 22.6 Å². The summed E-state index contributed by atoms with van der Waals surface area (Å²) < 4.78 is 30.1. The Kier molecular flexibility index (Phi) is 19.5. The third-order valence-corrected chi connectivity index (χ3v) is 10.8. The van der Waals surface area contributed by atoms with Gasteiger partial charge in [0.05, 0.1) is 59.5 Å². The van der Waals surface area contributed by atoms with Crippen molar-refractivity contribution in [2.24, 2.45) is 5.92 Å². The molecule has 1 amide bonds. The molecule has 4 aromatic carbocycles. The average molecular weight is 876 g/mol. The number of benzene rings is 4. The predicted octanol–water partition coefficient (Wildman–Crippen LogP) is 7.75. The second-order valence-electron chi connectivity index (χ2n) is 15.3. The lowest BCUT2D eigenvalue weighted by Crippen LogP contribution is -2.52. The first-order valence-electron chi connectivity index (χ1n) is 21.3. The van der Waals surface area contributed by atoms with Gasteiger partial charge in [0.1, 0.15) is 17.2 Å². The molecule has 17 nitrogen and oxygen atoms in total. The quantitative estimate of drug-likeness (QED) is 0.0251. The number of aromatic hydroxyl groups is 1. The molecular weight excluding hydrogens is 819 g/mol. The summed E-state index contributed by atoms with van der Waals surface area (Å²) in [6.45, 7) is 1.85. The van der Waals surface area contributed by atoms with E-state index in [1.165, 1.54) is 0 Å². The van der Waals surface area contributed by atoms with Gasteiger partial charge < -0.3 is 43.4 Å². The number of ether oxygens (including phenoxy) is 5. The topological polar surface area (TPSA) is 208 Å². The number of rotatable bonds is 28. The molecule has 3 unspecified atom stereocenters. The number of unbranched alkanes of at least 4 members (excludes halogenated alkanes) is 4. The minimum absolute atomic E-state index is 0.0125. The van der Waals surface area contributed by atoms with Crippen LogP contribution in [0.3, 0.4) is 0 Å². The Balaban J connectivity index is 1.30. The summed E-state index contributed by atoms with van der Waals surface area (Å²) in [6.07, 6.45) is 3.40. The van der Waals surface area contributed by atoms with Gasteiger partial charge >= 0.3 is 5.97 Å². The van der Waals surface area contributed by atoms with Crippen molar-refractivity contribution in [2.45, 2.75) is 83.0 Å². The summed E-state index contributed by atoms with van der Waals surface area (Å²) in [5, 5.41) is 31.3. The molecule has 1 aliphatic heterocycles. The van der Waals surface area contributed by atoms with Crippen LogP contribution in [0, 0.1) is 26.1 Å². The minimum atomic E-state index is -0.841. The number of methoxy groups -OCH3 is 1. The Morgan fingerprint density at radius 3 is 2.17 bits per heavy atom. The van der Waals surface area contributed by atoms with E-state index in [0.717, 1.165) is 21.9 Å². The van der Waals surface area contributed by atoms with Gasteiger partial charge in [-0.1, -0.05) is 67.4 Å². The van der Waals surface area contributed by atoms with E-state index < -0.39 is 22.2 Å². The third kappa shape index (κ3) is 15.9. The zero-order chi connectivity index (χ0) is 44.8. The Morgan fingerprint density at radius 2 is 1.46 bits per heavy atom. The second kappa shape index (κ2) is 25.7. The number of phenolic OH excluding ortho intramolecular Hbond substituents is 1. The van der Waals surface area contributed by atoms with Crippen LogP contribution in [0.5, 0.6) is 17.2 Å². The van der Waals surface area contributed by atoms with Gasteiger partial charge in [0.25, 0.3) is 10.2 Å². The van der Waals surface area contributed by atoms with Gasteiger partial charge in [0, 0.05) is 55.1 Å². The predicted molar refractivity (Wildman–Crippen MR) is 230 cm³/mol. The van der Waals surface area contributed by atoms with Crippen molar-refractivity contribution in [3.8, 4) is 17.2 Å². The lowest BCUT2D eigenvalue weighted by molar-refractivity contribution is -0.757. The van der Waals surface area contributed by atoms with E-state index in [4.69, 9.17) is 23.7 Å². The summed E-state index contributed by atoms with van der Waals surface area (Å²) in [7, 11) is 1.62. The molecule has 1 N–H and O–H groups in total. The fourth-order valence-corrected chi connectivity index (χ4v) is 7.66. The smallest absolute Gasteiger partial charge is 0.305 e. The summed E-state index contributed by atoms with van der Waals surface area (Å²) in [5.74, 6) is 0.364. The van der Waals surface area contributed by atoms with Crippen LogP contribution < -0.4 is 9.47 Å². The number of nitrogens with zero attached hydrogens (tertiary/aromatic N) is 3.